The summed E-state index contributed by atoms with van der Waals surface area (Å²) in [6, 6.07) is 21.3. The fourth-order valence-corrected chi connectivity index (χ4v) is 3.16. The molecule has 4 rings (SSSR count). The third-order valence-electron chi connectivity index (χ3n) is 4.78. The molecule has 27 heavy (non-hydrogen) atoms. The van der Waals surface area contributed by atoms with Gasteiger partial charge < -0.3 is 10.1 Å². The Bertz CT molecular complexity index is 1120. The van der Waals surface area contributed by atoms with Gasteiger partial charge in [0.05, 0.1) is 22.5 Å². The maximum atomic E-state index is 11.0. The summed E-state index contributed by atoms with van der Waals surface area (Å²) in [5, 5.41) is 10.2. The van der Waals surface area contributed by atoms with Crippen molar-refractivity contribution in [2.45, 2.75) is 19.8 Å². The summed E-state index contributed by atoms with van der Waals surface area (Å²) in [7, 11) is 0. The van der Waals surface area contributed by atoms with Gasteiger partial charge in [-0.2, -0.15) is 0 Å². The average Bonchev–Trinajstić information content (AvgIpc) is 3.17. The third kappa shape index (κ3) is 3.34. The second-order valence-corrected chi connectivity index (χ2v) is 6.97. The number of rotatable bonds is 4. The van der Waals surface area contributed by atoms with Crippen LogP contribution >= 0.6 is 0 Å². The first-order valence-corrected chi connectivity index (χ1v) is 8.95. The molecule has 4 aromatic rings. The fourth-order valence-electron chi connectivity index (χ4n) is 3.16. The summed E-state index contributed by atoms with van der Waals surface area (Å²) >= 11 is 0. The summed E-state index contributed by atoms with van der Waals surface area (Å²) in [5.74, 6) is -0.428. The minimum atomic E-state index is -0.922. The van der Waals surface area contributed by atoms with E-state index >= 15 is 0 Å². The highest BCUT2D eigenvalue weighted by Gasteiger charge is 2.08. The minimum Gasteiger partial charge on any atom is -0.478 e. The molecule has 0 saturated heterocycles. The van der Waals surface area contributed by atoms with E-state index in [1.807, 2.05) is 18.2 Å². The van der Waals surface area contributed by atoms with E-state index in [4.69, 9.17) is 10.1 Å². The number of aromatic amines is 1. The number of aromatic nitrogens is 2. The molecular formula is C23H20N2O2. The van der Waals surface area contributed by atoms with Gasteiger partial charge in [0.1, 0.15) is 0 Å². The largest absolute Gasteiger partial charge is 0.478 e. The van der Waals surface area contributed by atoms with Crippen molar-refractivity contribution < 1.29 is 9.90 Å². The van der Waals surface area contributed by atoms with Crippen LogP contribution in [0.15, 0.2) is 66.7 Å². The van der Waals surface area contributed by atoms with Gasteiger partial charge in [0, 0.05) is 11.1 Å². The van der Waals surface area contributed by atoms with Crippen molar-refractivity contribution in [3.8, 4) is 22.6 Å². The summed E-state index contributed by atoms with van der Waals surface area (Å²) in [6.45, 7) is 4.37. The van der Waals surface area contributed by atoms with E-state index in [-0.39, 0.29) is 5.56 Å². The highest BCUT2D eigenvalue weighted by molar-refractivity contribution is 5.88. The molecule has 0 atom stereocenters. The number of nitrogens with one attached hydrogen (secondary N) is 1. The summed E-state index contributed by atoms with van der Waals surface area (Å²) in [6.07, 6.45) is 0. The molecule has 0 radical (unpaired) electrons. The van der Waals surface area contributed by atoms with Crippen LogP contribution in [0.3, 0.4) is 0 Å². The van der Waals surface area contributed by atoms with Crippen molar-refractivity contribution in [3.05, 3.63) is 77.9 Å². The van der Waals surface area contributed by atoms with Crippen molar-refractivity contribution in [1.29, 1.82) is 0 Å². The normalized spacial score (nSPS) is 11.2. The molecular weight excluding hydrogens is 336 g/mol. The molecule has 0 aliphatic heterocycles. The number of carboxylic acid groups (broad SMARTS) is 1. The van der Waals surface area contributed by atoms with E-state index in [1.165, 1.54) is 5.56 Å². The number of benzene rings is 2. The van der Waals surface area contributed by atoms with Gasteiger partial charge in [-0.05, 0) is 59.5 Å². The van der Waals surface area contributed by atoms with Gasteiger partial charge in [0.2, 0.25) is 0 Å². The highest BCUT2D eigenvalue weighted by Crippen LogP contribution is 2.26. The lowest BCUT2D eigenvalue weighted by Crippen LogP contribution is -1.95. The van der Waals surface area contributed by atoms with Gasteiger partial charge in [-0.25, -0.2) is 9.78 Å². The molecule has 0 amide bonds. The first-order valence-electron chi connectivity index (χ1n) is 8.95. The van der Waals surface area contributed by atoms with Crippen molar-refractivity contribution in [2.75, 3.05) is 0 Å². The van der Waals surface area contributed by atoms with Crippen LogP contribution in [-0.2, 0) is 0 Å². The van der Waals surface area contributed by atoms with Gasteiger partial charge in [-0.15, -0.1) is 0 Å². The first kappa shape index (κ1) is 17.0. The summed E-state index contributed by atoms with van der Waals surface area (Å²) in [5.41, 5.74) is 6.24. The third-order valence-corrected chi connectivity index (χ3v) is 4.78. The van der Waals surface area contributed by atoms with Gasteiger partial charge in [0.25, 0.3) is 0 Å². The molecule has 0 bridgehead atoms. The molecule has 4 heteroatoms. The molecule has 0 spiro atoms. The number of H-pyrrole nitrogens is 1. The average molecular weight is 356 g/mol. The number of hydrogen-bond acceptors (Lipinski definition) is 2. The lowest BCUT2D eigenvalue weighted by molar-refractivity contribution is 0.0697. The Kier molecular flexibility index (Phi) is 4.24. The predicted octanol–water partition coefficient (Wildman–Crippen LogP) is 5.72. The number of fused-ring (bicyclic) bond motifs is 1. The molecule has 2 N–H and O–H groups in total. The fraction of sp³-hybridized carbons (Fsp3) is 0.130. The Hall–Kier alpha value is -3.40. The van der Waals surface area contributed by atoms with E-state index in [9.17, 15) is 4.79 Å². The molecule has 2 aromatic heterocycles. The van der Waals surface area contributed by atoms with Crippen molar-refractivity contribution in [1.82, 2.24) is 9.97 Å². The van der Waals surface area contributed by atoms with Crippen molar-refractivity contribution in [3.63, 3.8) is 0 Å². The molecule has 0 aliphatic carbocycles. The quantitative estimate of drug-likeness (QED) is 0.491. The van der Waals surface area contributed by atoms with Gasteiger partial charge in [0.15, 0.2) is 0 Å². The second kappa shape index (κ2) is 6.72. The highest BCUT2D eigenvalue weighted by atomic mass is 16.4. The SMILES string of the molecule is CC(C)c1ccc2nc(-c3ccc(-c4ccc(C(=O)O)cc4)[nH]3)ccc2c1. The van der Waals surface area contributed by atoms with Crippen LogP contribution in [0.1, 0.15) is 35.7 Å². The van der Waals surface area contributed by atoms with Gasteiger partial charge in [-0.3, -0.25) is 0 Å². The van der Waals surface area contributed by atoms with Gasteiger partial charge >= 0.3 is 5.97 Å². The standard InChI is InChI=1S/C23H20N2O2/c1-14(2)17-7-9-20-18(13-17)8-10-21(25-20)22-12-11-19(24-22)15-3-5-16(6-4-15)23(26)27/h3-14,24H,1-2H3,(H,26,27). The number of carbonyl (C=O) groups is 1. The van der Waals surface area contributed by atoms with Crippen LogP contribution in [0.25, 0.3) is 33.5 Å². The summed E-state index contributed by atoms with van der Waals surface area (Å²) in [4.78, 5) is 19.1. The molecule has 4 nitrogen and oxygen atoms in total. The van der Waals surface area contributed by atoms with Crippen LogP contribution in [0.2, 0.25) is 0 Å². The maximum absolute atomic E-state index is 11.0. The van der Waals surface area contributed by atoms with Crippen LogP contribution in [0.5, 0.6) is 0 Å². The molecule has 0 unspecified atom stereocenters. The van der Waals surface area contributed by atoms with E-state index in [0.717, 1.165) is 33.5 Å². The smallest absolute Gasteiger partial charge is 0.335 e. The Morgan fingerprint density at radius 2 is 1.67 bits per heavy atom. The Morgan fingerprint density at radius 1 is 0.926 bits per heavy atom. The Labute approximate surface area is 157 Å². The number of nitrogens with zero attached hydrogens (tertiary/aromatic N) is 1. The molecule has 0 aliphatic rings. The Balaban J connectivity index is 1.66. The van der Waals surface area contributed by atoms with Crippen molar-refractivity contribution in [2.24, 2.45) is 0 Å². The monoisotopic (exact) mass is 356 g/mol. The predicted molar refractivity (Wildman–Crippen MR) is 108 cm³/mol. The van der Waals surface area contributed by atoms with E-state index in [2.05, 4.69) is 43.1 Å². The maximum Gasteiger partial charge on any atom is 0.335 e. The molecule has 134 valence electrons. The van der Waals surface area contributed by atoms with Crippen molar-refractivity contribution >= 4 is 16.9 Å². The van der Waals surface area contributed by atoms with E-state index < -0.39 is 5.97 Å². The zero-order valence-corrected chi connectivity index (χ0v) is 15.2. The topological polar surface area (TPSA) is 66.0 Å². The number of hydrogen-bond donors (Lipinski definition) is 2. The summed E-state index contributed by atoms with van der Waals surface area (Å²) < 4.78 is 0. The number of aromatic carboxylic acids is 1. The van der Waals surface area contributed by atoms with E-state index in [0.29, 0.717) is 5.92 Å². The molecule has 0 saturated carbocycles. The number of pyridine rings is 1. The Morgan fingerprint density at radius 3 is 2.37 bits per heavy atom. The van der Waals surface area contributed by atoms with Crippen LogP contribution < -0.4 is 0 Å². The molecule has 2 heterocycles. The zero-order chi connectivity index (χ0) is 19.0. The zero-order valence-electron chi connectivity index (χ0n) is 15.2. The molecule has 0 fully saturated rings. The van der Waals surface area contributed by atoms with Crippen LogP contribution in [-0.4, -0.2) is 21.0 Å². The van der Waals surface area contributed by atoms with Crippen LogP contribution in [0.4, 0.5) is 0 Å². The lowest BCUT2D eigenvalue weighted by atomic mass is 10.0. The molecule has 2 aromatic carbocycles. The lowest BCUT2D eigenvalue weighted by Gasteiger charge is -2.07. The van der Waals surface area contributed by atoms with Crippen LogP contribution in [0, 0.1) is 0 Å². The second-order valence-electron chi connectivity index (χ2n) is 6.97. The van der Waals surface area contributed by atoms with E-state index in [1.54, 1.807) is 24.3 Å². The van der Waals surface area contributed by atoms with Gasteiger partial charge in [-0.1, -0.05) is 38.1 Å². The first-order chi connectivity index (χ1) is 13.0. The minimum absolute atomic E-state index is 0.280. The number of carboxylic acids is 1.